The fraction of sp³-hybridized carbons (Fsp3) is 0.571. The van der Waals surface area contributed by atoms with Crippen LogP contribution in [0.1, 0.15) is 31.9 Å². The van der Waals surface area contributed by atoms with Crippen molar-refractivity contribution in [1.29, 1.82) is 0 Å². The second-order valence-electron chi connectivity index (χ2n) is 4.96. The second-order valence-corrected chi connectivity index (χ2v) is 5.87. The molecule has 0 spiro atoms. The number of hydrogen-bond donors (Lipinski definition) is 1. The summed E-state index contributed by atoms with van der Waals surface area (Å²) in [7, 11) is 0. The number of ether oxygens (including phenoxy) is 1. The molecule has 1 heterocycles. The predicted molar refractivity (Wildman–Crippen MR) is 74.1 cm³/mol. The van der Waals surface area contributed by atoms with Crippen molar-refractivity contribution >= 4 is 15.9 Å². The Morgan fingerprint density at radius 2 is 2.29 bits per heavy atom. The number of nitrogens with one attached hydrogen (secondary N) is 1. The second kappa shape index (κ2) is 5.98. The molecule has 2 unspecified atom stereocenters. The van der Waals surface area contributed by atoms with Crippen molar-refractivity contribution in [3.05, 3.63) is 34.3 Å². The van der Waals surface area contributed by atoms with Gasteiger partial charge in [-0.2, -0.15) is 0 Å². The zero-order valence-corrected chi connectivity index (χ0v) is 12.0. The van der Waals surface area contributed by atoms with Gasteiger partial charge in [-0.05, 0) is 24.1 Å². The summed E-state index contributed by atoms with van der Waals surface area (Å²) >= 11 is 3.52. The molecule has 0 radical (unpaired) electrons. The van der Waals surface area contributed by atoms with E-state index >= 15 is 0 Å². The lowest BCUT2D eigenvalue weighted by Crippen LogP contribution is -2.30. The molecule has 1 aliphatic rings. The SMILES string of the molecule is CC(C)NCC1CCOC1c1cccc(Br)c1. The van der Waals surface area contributed by atoms with Gasteiger partial charge in [-0.25, -0.2) is 0 Å². The minimum atomic E-state index is 0.249. The highest BCUT2D eigenvalue weighted by atomic mass is 79.9. The van der Waals surface area contributed by atoms with E-state index in [1.54, 1.807) is 0 Å². The summed E-state index contributed by atoms with van der Waals surface area (Å²) in [4.78, 5) is 0. The first kappa shape index (κ1) is 13.1. The molecule has 1 fully saturated rings. The van der Waals surface area contributed by atoms with Gasteiger partial charge in [0.05, 0.1) is 6.10 Å². The van der Waals surface area contributed by atoms with Gasteiger partial charge in [0.1, 0.15) is 0 Å². The van der Waals surface area contributed by atoms with Gasteiger partial charge in [0.15, 0.2) is 0 Å². The summed E-state index contributed by atoms with van der Waals surface area (Å²) in [6.45, 7) is 6.28. The minimum absolute atomic E-state index is 0.249. The van der Waals surface area contributed by atoms with Crippen LogP contribution in [0.25, 0.3) is 0 Å². The van der Waals surface area contributed by atoms with E-state index in [9.17, 15) is 0 Å². The summed E-state index contributed by atoms with van der Waals surface area (Å²) < 4.78 is 7.00. The molecule has 1 aromatic rings. The molecule has 0 amide bonds. The summed E-state index contributed by atoms with van der Waals surface area (Å²) in [6.07, 6.45) is 1.40. The minimum Gasteiger partial charge on any atom is -0.373 e. The number of halogens is 1. The fourth-order valence-corrected chi connectivity index (χ4v) is 2.70. The predicted octanol–water partition coefficient (Wildman–Crippen LogP) is 3.52. The Morgan fingerprint density at radius 3 is 3.00 bits per heavy atom. The highest BCUT2D eigenvalue weighted by Gasteiger charge is 2.29. The zero-order chi connectivity index (χ0) is 12.3. The molecule has 1 saturated heterocycles. The summed E-state index contributed by atoms with van der Waals surface area (Å²) in [5, 5.41) is 3.51. The van der Waals surface area contributed by atoms with Crippen molar-refractivity contribution in [2.45, 2.75) is 32.4 Å². The smallest absolute Gasteiger partial charge is 0.0866 e. The van der Waals surface area contributed by atoms with Crippen LogP contribution in [0.2, 0.25) is 0 Å². The first-order valence-corrected chi connectivity index (χ1v) is 7.06. The summed E-state index contributed by atoms with van der Waals surface area (Å²) in [5.41, 5.74) is 1.28. The Bertz CT molecular complexity index is 367. The summed E-state index contributed by atoms with van der Waals surface area (Å²) in [6, 6.07) is 8.99. The molecule has 0 aromatic heterocycles. The van der Waals surface area contributed by atoms with Gasteiger partial charge >= 0.3 is 0 Å². The number of benzene rings is 1. The molecule has 94 valence electrons. The molecule has 2 nitrogen and oxygen atoms in total. The molecular formula is C14H20BrNO. The van der Waals surface area contributed by atoms with Crippen LogP contribution >= 0.6 is 15.9 Å². The molecule has 0 saturated carbocycles. The normalized spacial score (nSPS) is 24.5. The maximum atomic E-state index is 5.88. The van der Waals surface area contributed by atoms with Gasteiger partial charge in [-0.15, -0.1) is 0 Å². The molecule has 3 heteroatoms. The zero-order valence-electron chi connectivity index (χ0n) is 10.4. The monoisotopic (exact) mass is 297 g/mol. The van der Waals surface area contributed by atoms with Crippen molar-refractivity contribution < 1.29 is 4.74 Å². The lowest BCUT2D eigenvalue weighted by atomic mass is 9.95. The van der Waals surface area contributed by atoms with Crippen molar-refractivity contribution in [3.63, 3.8) is 0 Å². The Balaban J connectivity index is 2.04. The van der Waals surface area contributed by atoms with Crippen molar-refractivity contribution in [2.24, 2.45) is 5.92 Å². The van der Waals surface area contributed by atoms with Crippen LogP contribution in [0.15, 0.2) is 28.7 Å². The highest BCUT2D eigenvalue weighted by molar-refractivity contribution is 9.10. The molecule has 17 heavy (non-hydrogen) atoms. The maximum absolute atomic E-state index is 5.88. The average Bonchev–Trinajstić information content (AvgIpc) is 2.74. The van der Waals surface area contributed by atoms with Crippen LogP contribution in [0, 0.1) is 5.92 Å². The molecule has 2 atom stereocenters. The Labute approximate surface area is 112 Å². The number of rotatable bonds is 4. The quantitative estimate of drug-likeness (QED) is 0.918. The highest BCUT2D eigenvalue weighted by Crippen LogP contribution is 2.35. The average molecular weight is 298 g/mol. The van der Waals surface area contributed by atoms with Crippen LogP contribution in [0.5, 0.6) is 0 Å². The topological polar surface area (TPSA) is 21.3 Å². The van der Waals surface area contributed by atoms with Crippen LogP contribution in [-0.2, 0) is 4.74 Å². The van der Waals surface area contributed by atoms with Crippen LogP contribution in [-0.4, -0.2) is 19.2 Å². The van der Waals surface area contributed by atoms with Gasteiger partial charge in [0.2, 0.25) is 0 Å². The van der Waals surface area contributed by atoms with Gasteiger partial charge in [0.25, 0.3) is 0 Å². The third kappa shape index (κ3) is 3.54. The molecule has 1 N–H and O–H groups in total. The Morgan fingerprint density at radius 1 is 1.47 bits per heavy atom. The molecule has 0 aliphatic carbocycles. The Kier molecular flexibility index (Phi) is 4.60. The van der Waals surface area contributed by atoms with E-state index < -0.39 is 0 Å². The van der Waals surface area contributed by atoms with Crippen molar-refractivity contribution in [3.8, 4) is 0 Å². The molecular weight excluding hydrogens is 278 g/mol. The van der Waals surface area contributed by atoms with E-state index in [1.165, 1.54) is 5.56 Å². The first-order valence-electron chi connectivity index (χ1n) is 6.27. The van der Waals surface area contributed by atoms with E-state index in [1.807, 2.05) is 0 Å². The van der Waals surface area contributed by atoms with Gasteiger partial charge in [-0.1, -0.05) is 41.9 Å². The van der Waals surface area contributed by atoms with E-state index in [4.69, 9.17) is 4.74 Å². The van der Waals surface area contributed by atoms with E-state index in [-0.39, 0.29) is 6.10 Å². The lowest BCUT2D eigenvalue weighted by molar-refractivity contribution is 0.0900. The molecule has 2 rings (SSSR count). The summed E-state index contributed by atoms with van der Waals surface area (Å²) in [5.74, 6) is 0.590. The molecule has 1 aliphatic heterocycles. The third-order valence-electron chi connectivity index (χ3n) is 3.18. The van der Waals surface area contributed by atoms with Gasteiger partial charge < -0.3 is 10.1 Å². The maximum Gasteiger partial charge on any atom is 0.0866 e. The molecule has 1 aromatic carbocycles. The standard InChI is InChI=1S/C14H20BrNO/c1-10(2)16-9-12-6-7-17-14(12)11-4-3-5-13(15)8-11/h3-5,8,10,12,14,16H,6-7,9H2,1-2H3. The lowest BCUT2D eigenvalue weighted by Gasteiger charge is -2.20. The van der Waals surface area contributed by atoms with Crippen LogP contribution in [0.3, 0.4) is 0 Å². The van der Waals surface area contributed by atoms with E-state index in [2.05, 4.69) is 59.4 Å². The van der Waals surface area contributed by atoms with Crippen molar-refractivity contribution in [1.82, 2.24) is 5.32 Å². The largest absolute Gasteiger partial charge is 0.373 e. The number of hydrogen-bond acceptors (Lipinski definition) is 2. The fourth-order valence-electron chi connectivity index (χ4n) is 2.28. The van der Waals surface area contributed by atoms with Crippen molar-refractivity contribution in [2.75, 3.05) is 13.2 Å². The van der Waals surface area contributed by atoms with Crippen LogP contribution in [0.4, 0.5) is 0 Å². The van der Waals surface area contributed by atoms with E-state index in [0.717, 1.165) is 24.0 Å². The molecule has 0 bridgehead atoms. The van der Waals surface area contributed by atoms with Gasteiger partial charge in [-0.3, -0.25) is 0 Å². The van der Waals surface area contributed by atoms with Crippen LogP contribution < -0.4 is 5.32 Å². The Hall–Kier alpha value is -0.380. The first-order chi connectivity index (χ1) is 8.16. The van der Waals surface area contributed by atoms with E-state index in [0.29, 0.717) is 12.0 Å². The van der Waals surface area contributed by atoms with Gasteiger partial charge in [0, 0.05) is 29.6 Å². The third-order valence-corrected chi connectivity index (χ3v) is 3.67.